The molecule has 1 aromatic rings. The number of rotatable bonds is 1. The number of halogens is 1. The van der Waals surface area contributed by atoms with Crippen LogP contribution in [-0.4, -0.2) is 14.7 Å². The Balaban J connectivity index is 0.000000791. The van der Waals surface area contributed by atoms with Crippen molar-refractivity contribution in [3.05, 3.63) is 22.7 Å². The molecule has 0 atom stereocenters. The molecule has 0 heterocycles. The Morgan fingerprint density at radius 3 is 2.14 bits per heavy atom. The van der Waals surface area contributed by atoms with Crippen LogP contribution in [0.5, 0.6) is 0 Å². The van der Waals surface area contributed by atoms with Gasteiger partial charge in [-0.2, -0.15) is 0 Å². The summed E-state index contributed by atoms with van der Waals surface area (Å²) in [5, 5.41) is 0. The number of nitrogen functional groups attached to an aromatic ring is 1. The van der Waals surface area contributed by atoms with Crippen molar-refractivity contribution < 1.29 is 8.42 Å². The fourth-order valence-electron chi connectivity index (χ4n) is 0.857. The van der Waals surface area contributed by atoms with Crippen molar-refractivity contribution in [2.75, 3.05) is 12.0 Å². The number of nitrogens with two attached hydrogens (primary N) is 1. The summed E-state index contributed by atoms with van der Waals surface area (Å²) < 4.78 is 22.9. The van der Waals surface area contributed by atoms with Gasteiger partial charge in [-0.15, -0.1) is 0 Å². The summed E-state index contributed by atoms with van der Waals surface area (Å²) in [4.78, 5) is 0.172. The SMILES string of the molecule is CC.CS(=O)(=O)c1ccc(Br)cc1N. The average molecular weight is 280 g/mol. The van der Waals surface area contributed by atoms with Crippen LogP contribution in [0.3, 0.4) is 0 Å². The van der Waals surface area contributed by atoms with E-state index >= 15 is 0 Å². The molecule has 0 fully saturated rings. The van der Waals surface area contributed by atoms with Crippen LogP contribution in [0.25, 0.3) is 0 Å². The Kier molecular flexibility index (Phi) is 5.15. The second-order valence-corrected chi connectivity index (χ2v) is 5.35. The van der Waals surface area contributed by atoms with Gasteiger partial charge >= 0.3 is 0 Å². The first-order chi connectivity index (χ1) is 6.41. The summed E-state index contributed by atoms with van der Waals surface area (Å²) in [6, 6.07) is 4.69. The van der Waals surface area contributed by atoms with Crippen LogP contribution in [-0.2, 0) is 9.84 Å². The molecule has 3 nitrogen and oxygen atoms in total. The van der Waals surface area contributed by atoms with Gasteiger partial charge in [0.15, 0.2) is 9.84 Å². The molecule has 5 heteroatoms. The minimum Gasteiger partial charge on any atom is -0.398 e. The highest BCUT2D eigenvalue weighted by Gasteiger charge is 2.10. The molecule has 1 aromatic carbocycles. The molecule has 0 radical (unpaired) electrons. The molecule has 80 valence electrons. The molecule has 0 aliphatic heterocycles. The van der Waals surface area contributed by atoms with Crippen molar-refractivity contribution in [2.24, 2.45) is 0 Å². The molecular weight excluding hydrogens is 266 g/mol. The lowest BCUT2D eigenvalue weighted by molar-refractivity contribution is 0.602. The zero-order chi connectivity index (χ0) is 11.4. The highest BCUT2D eigenvalue weighted by Crippen LogP contribution is 2.22. The van der Waals surface area contributed by atoms with Gasteiger partial charge in [-0.1, -0.05) is 29.8 Å². The van der Waals surface area contributed by atoms with E-state index in [1.54, 1.807) is 12.1 Å². The normalized spacial score (nSPS) is 10.3. The summed E-state index contributed by atoms with van der Waals surface area (Å²) in [6.45, 7) is 4.00. The highest BCUT2D eigenvalue weighted by molar-refractivity contribution is 9.10. The van der Waals surface area contributed by atoms with Crippen LogP contribution in [0, 0.1) is 0 Å². The van der Waals surface area contributed by atoms with Gasteiger partial charge in [-0.05, 0) is 18.2 Å². The zero-order valence-electron chi connectivity index (χ0n) is 8.41. The van der Waals surface area contributed by atoms with Crippen molar-refractivity contribution >= 4 is 31.5 Å². The summed E-state index contributed by atoms with van der Waals surface area (Å²) >= 11 is 3.19. The molecule has 0 bridgehead atoms. The van der Waals surface area contributed by atoms with E-state index in [4.69, 9.17) is 5.73 Å². The van der Waals surface area contributed by atoms with Gasteiger partial charge in [0.05, 0.1) is 10.6 Å². The monoisotopic (exact) mass is 279 g/mol. The maximum Gasteiger partial charge on any atom is 0.177 e. The Morgan fingerprint density at radius 1 is 1.29 bits per heavy atom. The third kappa shape index (κ3) is 3.67. The molecule has 0 saturated heterocycles. The van der Waals surface area contributed by atoms with E-state index in [1.807, 2.05) is 13.8 Å². The van der Waals surface area contributed by atoms with Crippen molar-refractivity contribution in [1.29, 1.82) is 0 Å². The maximum atomic E-state index is 11.1. The van der Waals surface area contributed by atoms with Crippen LogP contribution in [0.2, 0.25) is 0 Å². The lowest BCUT2D eigenvalue weighted by Crippen LogP contribution is -2.01. The topological polar surface area (TPSA) is 60.2 Å². The molecule has 0 amide bonds. The van der Waals surface area contributed by atoms with E-state index in [0.717, 1.165) is 10.7 Å². The maximum absolute atomic E-state index is 11.1. The standard InChI is InChI=1S/C7H8BrNO2S.C2H6/c1-12(10,11)7-3-2-5(8)4-6(7)9;1-2/h2-4H,9H2,1H3;1-2H3. The molecule has 0 saturated carbocycles. The summed E-state index contributed by atoms with van der Waals surface area (Å²) in [7, 11) is -3.20. The van der Waals surface area contributed by atoms with Crippen LogP contribution >= 0.6 is 15.9 Å². The van der Waals surface area contributed by atoms with Gasteiger partial charge in [0, 0.05) is 10.7 Å². The lowest BCUT2D eigenvalue weighted by Gasteiger charge is -2.02. The van der Waals surface area contributed by atoms with Crippen LogP contribution in [0.1, 0.15) is 13.8 Å². The highest BCUT2D eigenvalue weighted by atomic mass is 79.9. The minimum absolute atomic E-state index is 0.172. The molecule has 0 spiro atoms. The molecule has 0 aliphatic carbocycles. The molecule has 14 heavy (non-hydrogen) atoms. The lowest BCUT2D eigenvalue weighted by atomic mass is 10.3. The Morgan fingerprint density at radius 2 is 1.79 bits per heavy atom. The fraction of sp³-hybridized carbons (Fsp3) is 0.333. The van der Waals surface area contributed by atoms with Crippen molar-refractivity contribution in [2.45, 2.75) is 18.7 Å². The Bertz CT molecular complexity index is 401. The van der Waals surface area contributed by atoms with Crippen LogP contribution in [0.15, 0.2) is 27.6 Å². The van der Waals surface area contributed by atoms with E-state index in [2.05, 4.69) is 15.9 Å². The first-order valence-electron chi connectivity index (χ1n) is 4.16. The summed E-state index contributed by atoms with van der Waals surface area (Å²) in [5.41, 5.74) is 5.77. The molecule has 0 aromatic heterocycles. The van der Waals surface area contributed by atoms with E-state index in [1.165, 1.54) is 6.07 Å². The molecular formula is C9H14BrNO2S. The fourth-order valence-corrected chi connectivity index (χ4v) is 2.04. The minimum atomic E-state index is -3.20. The van der Waals surface area contributed by atoms with Crippen LogP contribution < -0.4 is 5.73 Å². The quantitative estimate of drug-likeness (QED) is 0.804. The molecule has 1 rings (SSSR count). The number of anilines is 1. The largest absolute Gasteiger partial charge is 0.398 e. The predicted molar refractivity (Wildman–Crippen MR) is 63.0 cm³/mol. The van der Waals surface area contributed by atoms with Crippen molar-refractivity contribution in [1.82, 2.24) is 0 Å². The first kappa shape index (κ1) is 13.4. The van der Waals surface area contributed by atoms with E-state index in [0.29, 0.717) is 0 Å². The van der Waals surface area contributed by atoms with E-state index in [9.17, 15) is 8.42 Å². The van der Waals surface area contributed by atoms with E-state index in [-0.39, 0.29) is 10.6 Å². The predicted octanol–water partition coefficient (Wildman–Crippen LogP) is 2.46. The number of hydrogen-bond acceptors (Lipinski definition) is 3. The van der Waals surface area contributed by atoms with Gasteiger partial charge in [0.25, 0.3) is 0 Å². The third-order valence-electron chi connectivity index (χ3n) is 1.37. The molecule has 2 N–H and O–H groups in total. The second-order valence-electron chi connectivity index (χ2n) is 2.45. The first-order valence-corrected chi connectivity index (χ1v) is 6.85. The zero-order valence-corrected chi connectivity index (χ0v) is 10.8. The van der Waals surface area contributed by atoms with Gasteiger partial charge in [0.2, 0.25) is 0 Å². The van der Waals surface area contributed by atoms with Gasteiger partial charge in [0.1, 0.15) is 0 Å². The molecule has 0 unspecified atom stereocenters. The van der Waals surface area contributed by atoms with Crippen LogP contribution in [0.4, 0.5) is 5.69 Å². The van der Waals surface area contributed by atoms with E-state index < -0.39 is 9.84 Å². The summed E-state index contributed by atoms with van der Waals surface area (Å²) in [6.07, 6.45) is 1.13. The van der Waals surface area contributed by atoms with Crippen molar-refractivity contribution in [3.63, 3.8) is 0 Å². The average Bonchev–Trinajstić information content (AvgIpc) is 2.05. The summed E-state index contributed by atoms with van der Waals surface area (Å²) in [5.74, 6) is 0. The van der Waals surface area contributed by atoms with Gasteiger partial charge < -0.3 is 5.73 Å². The smallest absolute Gasteiger partial charge is 0.177 e. The Hall–Kier alpha value is -0.550. The Labute approximate surface area is 93.4 Å². The van der Waals surface area contributed by atoms with Crippen molar-refractivity contribution in [3.8, 4) is 0 Å². The number of sulfone groups is 1. The number of benzene rings is 1. The third-order valence-corrected chi connectivity index (χ3v) is 3.04. The number of hydrogen-bond donors (Lipinski definition) is 1. The second kappa shape index (κ2) is 5.36. The van der Waals surface area contributed by atoms with Gasteiger partial charge in [-0.3, -0.25) is 0 Å². The molecule has 0 aliphatic rings. The van der Waals surface area contributed by atoms with Gasteiger partial charge in [-0.25, -0.2) is 8.42 Å².